The first-order valence-corrected chi connectivity index (χ1v) is 10.5. The van der Waals surface area contributed by atoms with Gasteiger partial charge in [0.2, 0.25) is 5.91 Å². The van der Waals surface area contributed by atoms with Gasteiger partial charge in [0.25, 0.3) is 0 Å². The second-order valence-corrected chi connectivity index (χ2v) is 7.96. The summed E-state index contributed by atoms with van der Waals surface area (Å²) in [4.78, 5) is 24.6. The van der Waals surface area contributed by atoms with E-state index in [9.17, 15) is 15.0 Å². The summed E-state index contributed by atoms with van der Waals surface area (Å²) in [5.41, 5.74) is 1.95. The zero-order valence-corrected chi connectivity index (χ0v) is 16.7. The highest BCUT2D eigenvalue weighted by atomic mass is 16.5. The summed E-state index contributed by atoms with van der Waals surface area (Å²) >= 11 is 0. The Morgan fingerprint density at radius 1 is 1.21 bits per heavy atom. The Bertz CT molecular complexity index is 787. The summed E-state index contributed by atoms with van der Waals surface area (Å²) in [5.74, 6) is 0.965. The Morgan fingerprint density at radius 2 is 2.00 bits per heavy atom. The van der Waals surface area contributed by atoms with Crippen LogP contribution in [0.4, 0.5) is 0 Å². The number of ether oxygens (including phenoxy) is 1. The lowest BCUT2D eigenvalue weighted by Crippen LogP contribution is -2.55. The molecule has 29 heavy (non-hydrogen) atoms. The molecule has 3 N–H and O–H groups in total. The van der Waals surface area contributed by atoms with Crippen molar-refractivity contribution in [3.05, 3.63) is 30.1 Å². The van der Waals surface area contributed by atoms with Crippen molar-refractivity contribution >= 4 is 16.9 Å². The van der Waals surface area contributed by atoms with Gasteiger partial charge >= 0.3 is 0 Å². The molecule has 4 rings (SSSR count). The number of para-hydroxylation sites is 2. The molecule has 2 aliphatic rings. The molecule has 1 aromatic carbocycles. The monoisotopic (exact) mass is 402 g/mol. The number of benzene rings is 1. The number of H-pyrrole nitrogens is 1. The van der Waals surface area contributed by atoms with Gasteiger partial charge in [-0.05, 0) is 25.0 Å². The Labute approximate surface area is 170 Å². The van der Waals surface area contributed by atoms with Crippen LogP contribution in [-0.4, -0.2) is 93.5 Å². The zero-order valence-electron chi connectivity index (χ0n) is 16.7. The number of rotatable bonds is 5. The number of hydrogen-bond donors (Lipinski definition) is 3. The average Bonchev–Trinajstić information content (AvgIpc) is 3.09. The minimum absolute atomic E-state index is 0.0701. The predicted octanol–water partition coefficient (Wildman–Crippen LogP) is 0.541. The molecule has 0 radical (unpaired) electrons. The molecule has 2 aromatic rings. The summed E-state index contributed by atoms with van der Waals surface area (Å²) in [5, 5.41) is 20.9. The van der Waals surface area contributed by atoms with Crippen molar-refractivity contribution in [1.82, 2.24) is 19.8 Å². The van der Waals surface area contributed by atoms with Crippen molar-refractivity contribution in [2.24, 2.45) is 0 Å². The van der Waals surface area contributed by atoms with Crippen LogP contribution in [0.5, 0.6) is 0 Å². The molecule has 0 unspecified atom stereocenters. The van der Waals surface area contributed by atoms with Gasteiger partial charge in [0.1, 0.15) is 5.82 Å². The van der Waals surface area contributed by atoms with Crippen LogP contribution in [0, 0.1) is 0 Å². The van der Waals surface area contributed by atoms with Gasteiger partial charge in [-0.3, -0.25) is 9.69 Å². The van der Waals surface area contributed by atoms with E-state index in [0.717, 1.165) is 16.9 Å². The maximum atomic E-state index is 12.8. The van der Waals surface area contributed by atoms with Crippen LogP contribution < -0.4 is 0 Å². The minimum atomic E-state index is -0.846. The van der Waals surface area contributed by atoms with Crippen molar-refractivity contribution < 1.29 is 19.7 Å². The molecule has 8 nitrogen and oxygen atoms in total. The molecule has 0 bridgehead atoms. The van der Waals surface area contributed by atoms with E-state index in [1.54, 1.807) is 4.90 Å². The molecule has 0 saturated carbocycles. The number of aryl methyl sites for hydroxylation is 1. The molecule has 2 aliphatic heterocycles. The van der Waals surface area contributed by atoms with E-state index in [2.05, 4.69) is 14.9 Å². The quantitative estimate of drug-likeness (QED) is 0.675. The lowest BCUT2D eigenvalue weighted by Gasteiger charge is -2.38. The van der Waals surface area contributed by atoms with Crippen molar-refractivity contribution in [2.75, 3.05) is 39.4 Å². The fourth-order valence-electron chi connectivity index (χ4n) is 4.30. The molecule has 3 heterocycles. The Morgan fingerprint density at radius 3 is 2.79 bits per heavy atom. The minimum Gasteiger partial charge on any atom is -0.390 e. The molecule has 2 saturated heterocycles. The van der Waals surface area contributed by atoms with Crippen LogP contribution in [0.25, 0.3) is 11.0 Å². The lowest BCUT2D eigenvalue weighted by molar-refractivity contribution is -0.132. The molecule has 1 aromatic heterocycles. The highest BCUT2D eigenvalue weighted by Gasteiger charge is 2.37. The highest BCUT2D eigenvalue weighted by molar-refractivity contribution is 5.76. The zero-order chi connectivity index (χ0) is 20.2. The van der Waals surface area contributed by atoms with Crippen LogP contribution in [0.2, 0.25) is 0 Å². The van der Waals surface area contributed by atoms with Gasteiger partial charge in [-0.15, -0.1) is 0 Å². The van der Waals surface area contributed by atoms with Gasteiger partial charge in [-0.1, -0.05) is 12.1 Å². The van der Waals surface area contributed by atoms with E-state index in [-0.39, 0.29) is 11.9 Å². The number of carbonyl (C=O) groups excluding carboxylic acids is 1. The van der Waals surface area contributed by atoms with Crippen molar-refractivity contribution in [2.45, 2.75) is 43.9 Å². The standard InChI is InChI=1S/C21H30N4O4/c26-18-8-9-25(14-17(21(18)28)24-10-12-29-13-11-24)20(27)7-3-6-19-22-15-4-1-2-5-16(15)23-19/h1-2,4-5,17-18,21,26,28H,3,6-14H2,(H,22,23)/t17-,18-,21+/m1/s1. The number of aromatic amines is 1. The molecule has 0 aliphatic carbocycles. The number of aromatic nitrogens is 2. The van der Waals surface area contributed by atoms with Gasteiger partial charge in [0.05, 0.1) is 42.5 Å². The van der Waals surface area contributed by atoms with Crippen molar-refractivity contribution in [1.29, 1.82) is 0 Å². The highest BCUT2D eigenvalue weighted by Crippen LogP contribution is 2.20. The van der Waals surface area contributed by atoms with Gasteiger partial charge in [0.15, 0.2) is 0 Å². The largest absolute Gasteiger partial charge is 0.390 e. The smallest absolute Gasteiger partial charge is 0.222 e. The van der Waals surface area contributed by atoms with Crippen LogP contribution in [0.1, 0.15) is 25.1 Å². The summed E-state index contributed by atoms with van der Waals surface area (Å²) in [6.45, 7) is 3.57. The SMILES string of the molecule is O=C(CCCc1nc2ccccc2[nH]1)N1CC[C@@H](O)[C@@H](O)[C@H](N2CCOCC2)C1. The molecule has 158 valence electrons. The van der Waals surface area contributed by atoms with E-state index in [0.29, 0.717) is 65.1 Å². The molecule has 3 atom stereocenters. The van der Waals surface area contributed by atoms with Crippen LogP contribution in [-0.2, 0) is 16.0 Å². The Hall–Kier alpha value is -2.00. The van der Waals surface area contributed by atoms with Crippen LogP contribution in [0.3, 0.4) is 0 Å². The molecule has 8 heteroatoms. The molecular formula is C21H30N4O4. The van der Waals surface area contributed by atoms with Gasteiger partial charge in [0, 0.05) is 39.0 Å². The number of fused-ring (bicyclic) bond motifs is 1. The van der Waals surface area contributed by atoms with E-state index < -0.39 is 12.2 Å². The number of carbonyl (C=O) groups is 1. The first kappa shape index (κ1) is 20.3. The van der Waals surface area contributed by atoms with E-state index in [1.165, 1.54) is 0 Å². The summed E-state index contributed by atoms with van der Waals surface area (Å²) in [7, 11) is 0. The number of nitrogens with zero attached hydrogens (tertiary/aromatic N) is 3. The normalized spacial score (nSPS) is 26.6. The number of nitrogens with one attached hydrogen (secondary N) is 1. The average molecular weight is 402 g/mol. The lowest BCUT2D eigenvalue weighted by atomic mass is 10.0. The van der Waals surface area contributed by atoms with Gasteiger partial charge < -0.3 is 24.8 Å². The third kappa shape index (κ3) is 4.78. The fourth-order valence-corrected chi connectivity index (χ4v) is 4.30. The van der Waals surface area contributed by atoms with Gasteiger partial charge in [-0.2, -0.15) is 0 Å². The summed E-state index contributed by atoms with van der Waals surface area (Å²) in [6.07, 6.45) is 0.600. The molecular weight excluding hydrogens is 372 g/mol. The van der Waals surface area contributed by atoms with E-state index in [1.807, 2.05) is 24.3 Å². The number of imidazole rings is 1. The van der Waals surface area contributed by atoms with Crippen molar-refractivity contribution in [3.8, 4) is 0 Å². The van der Waals surface area contributed by atoms with Crippen molar-refractivity contribution in [3.63, 3.8) is 0 Å². The maximum Gasteiger partial charge on any atom is 0.222 e. The first-order valence-electron chi connectivity index (χ1n) is 10.5. The topological polar surface area (TPSA) is 102 Å². The Kier molecular flexibility index (Phi) is 6.44. The number of likely N-dealkylation sites (tertiary alicyclic amines) is 1. The Balaban J connectivity index is 1.34. The summed E-state index contributed by atoms with van der Waals surface area (Å²) in [6, 6.07) is 7.65. The summed E-state index contributed by atoms with van der Waals surface area (Å²) < 4.78 is 5.40. The molecule has 2 fully saturated rings. The third-order valence-corrected chi connectivity index (χ3v) is 6.00. The third-order valence-electron chi connectivity index (χ3n) is 6.00. The number of amides is 1. The van der Waals surface area contributed by atoms with Crippen LogP contribution in [0.15, 0.2) is 24.3 Å². The maximum absolute atomic E-state index is 12.8. The van der Waals surface area contributed by atoms with Crippen LogP contribution >= 0.6 is 0 Å². The number of aliphatic hydroxyl groups is 2. The number of hydrogen-bond acceptors (Lipinski definition) is 6. The number of morpholine rings is 1. The van der Waals surface area contributed by atoms with Gasteiger partial charge in [-0.25, -0.2) is 4.98 Å². The number of aliphatic hydroxyl groups excluding tert-OH is 2. The fraction of sp³-hybridized carbons (Fsp3) is 0.619. The molecule has 0 spiro atoms. The first-order chi connectivity index (χ1) is 14.1. The second kappa shape index (κ2) is 9.21. The predicted molar refractivity (Wildman–Crippen MR) is 108 cm³/mol. The molecule has 1 amide bonds. The van der Waals surface area contributed by atoms with E-state index >= 15 is 0 Å². The second-order valence-electron chi connectivity index (χ2n) is 7.96. The van der Waals surface area contributed by atoms with E-state index in [4.69, 9.17) is 4.74 Å².